The molecule has 0 spiro atoms. The number of hydrogen-bond donors (Lipinski definition) is 0. The summed E-state index contributed by atoms with van der Waals surface area (Å²) >= 11 is 0. The van der Waals surface area contributed by atoms with Gasteiger partial charge in [-0.3, -0.25) is 0 Å². The zero-order valence-electron chi connectivity index (χ0n) is 8.23. The molecule has 0 unspecified atom stereocenters. The van der Waals surface area contributed by atoms with E-state index in [-0.39, 0.29) is 0 Å². The molecule has 0 atom stereocenters. The molecule has 1 nitrogen and oxygen atoms in total. The second-order valence-electron chi connectivity index (χ2n) is 3.20. The summed E-state index contributed by atoms with van der Waals surface area (Å²) in [5.74, 6) is 0. The molecule has 0 fully saturated rings. The van der Waals surface area contributed by atoms with Gasteiger partial charge in [-0.1, -0.05) is 42.1 Å². The van der Waals surface area contributed by atoms with Crippen molar-refractivity contribution < 1.29 is 4.43 Å². The van der Waals surface area contributed by atoms with E-state index in [2.05, 4.69) is 37.8 Å². The number of hydrogen-bond acceptors (Lipinski definition) is 1. The molecule has 0 aliphatic carbocycles. The molecule has 0 aliphatic rings. The van der Waals surface area contributed by atoms with Crippen LogP contribution in [-0.4, -0.2) is 15.9 Å². The van der Waals surface area contributed by atoms with Crippen LogP contribution >= 0.6 is 0 Å². The van der Waals surface area contributed by atoms with E-state index in [1.165, 1.54) is 5.56 Å². The molecule has 13 heavy (non-hydrogen) atoms. The normalized spacial score (nSPS) is 12.2. The monoisotopic (exact) mass is 192 g/mol. The van der Waals surface area contributed by atoms with Crippen molar-refractivity contribution in [2.75, 3.05) is 0 Å². The van der Waals surface area contributed by atoms with Crippen molar-refractivity contribution in [1.29, 1.82) is 0 Å². The van der Waals surface area contributed by atoms with Gasteiger partial charge in [-0.05, 0) is 19.4 Å². The van der Waals surface area contributed by atoms with Crippen LogP contribution in [0.15, 0.2) is 36.0 Å². The van der Waals surface area contributed by atoms with E-state index in [0.717, 1.165) is 0 Å². The Labute approximate surface area is 82.4 Å². The van der Waals surface area contributed by atoms with Gasteiger partial charge in [-0.15, -0.1) is 0 Å². The Kier molecular flexibility index (Phi) is 4.50. The Balaban J connectivity index is 2.33. The van der Waals surface area contributed by atoms with Gasteiger partial charge in [0.05, 0.1) is 0 Å². The lowest BCUT2D eigenvalue weighted by molar-refractivity contribution is 0.260. The van der Waals surface area contributed by atoms with Crippen LogP contribution in [0.5, 0.6) is 0 Å². The van der Waals surface area contributed by atoms with Crippen LogP contribution in [0.25, 0.3) is 6.08 Å². The summed E-state index contributed by atoms with van der Waals surface area (Å²) in [6.45, 7) is 4.15. The minimum atomic E-state index is -0.461. The maximum absolute atomic E-state index is 5.52. The molecule has 0 saturated heterocycles. The predicted octanol–water partition coefficient (Wildman–Crippen LogP) is 2.17. The van der Waals surface area contributed by atoms with Crippen LogP contribution in [0.4, 0.5) is 0 Å². The standard InChI is InChI=1S/C11H16OSi/c1-10(2)12-13-9-8-11-6-4-3-5-7-11/h3-10H,13H2,1-2H3. The van der Waals surface area contributed by atoms with E-state index in [4.69, 9.17) is 4.43 Å². The lowest BCUT2D eigenvalue weighted by atomic mass is 10.2. The summed E-state index contributed by atoms with van der Waals surface area (Å²) in [7, 11) is -0.461. The fourth-order valence-corrected chi connectivity index (χ4v) is 1.86. The highest BCUT2D eigenvalue weighted by atomic mass is 28.2. The van der Waals surface area contributed by atoms with Crippen molar-refractivity contribution in [2.45, 2.75) is 20.0 Å². The van der Waals surface area contributed by atoms with Gasteiger partial charge >= 0.3 is 0 Å². The van der Waals surface area contributed by atoms with E-state index >= 15 is 0 Å². The molecule has 1 aromatic rings. The first-order chi connectivity index (χ1) is 6.29. The van der Waals surface area contributed by atoms with Crippen LogP contribution in [-0.2, 0) is 4.43 Å². The van der Waals surface area contributed by atoms with Gasteiger partial charge in [0, 0.05) is 6.10 Å². The molecule has 0 radical (unpaired) electrons. The van der Waals surface area contributed by atoms with Gasteiger partial charge in [0.25, 0.3) is 0 Å². The Morgan fingerprint density at radius 2 is 1.92 bits per heavy atom. The Morgan fingerprint density at radius 3 is 2.54 bits per heavy atom. The maximum Gasteiger partial charge on any atom is 0.185 e. The largest absolute Gasteiger partial charge is 0.417 e. The second-order valence-corrected chi connectivity index (χ2v) is 4.33. The summed E-state index contributed by atoms with van der Waals surface area (Å²) in [6, 6.07) is 10.3. The molecular weight excluding hydrogens is 176 g/mol. The summed E-state index contributed by atoms with van der Waals surface area (Å²) < 4.78 is 5.52. The van der Waals surface area contributed by atoms with Gasteiger partial charge in [-0.2, -0.15) is 0 Å². The highest BCUT2D eigenvalue weighted by molar-refractivity contribution is 6.35. The topological polar surface area (TPSA) is 9.23 Å². The van der Waals surface area contributed by atoms with Crippen LogP contribution in [0.2, 0.25) is 0 Å². The zero-order chi connectivity index (χ0) is 9.52. The van der Waals surface area contributed by atoms with Crippen molar-refractivity contribution in [3.05, 3.63) is 41.6 Å². The minimum absolute atomic E-state index is 0.368. The maximum atomic E-state index is 5.52. The van der Waals surface area contributed by atoms with Crippen LogP contribution in [0.1, 0.15) is 19.4 Å². The van der Waals surface area contributed by atoms with Gasteiger partial charge in [0.1, 0.15) is 0 Å². The van der Waals surface area contributed by atoms with E-state index in [1.54, 1.807) is 0 Å². The third kappa shape index (κ3) is 4.65. The number of benzene rings is 1. The molecule has 0 amide bonds. The fraction of sp³-hybridized carbons (Fsp3) is 0.273. The van der Waals surface area contributed by atoms with Crippen LogP contribution in [0, 0.1) is 0 Å². The molecule has 0 bridgehead atoms. The summed E-state index contributed by atoms with van der Waals surface area (Å²) in [5, 5.41) is 0. The zero-order valence-corrected chi connectivity index (χ0v) is 9.65. The van der Waals surface area contributed by atoms with Gasteiger partial charge < -0.3 is 4.43 Å². The van der Waals surface area contributed by atoms with E-state index < -0.39 is 9.76 Å². The molecule has 1 aromatic carbocycles. The smallest absolute Gasteiger partial charge is 0.185 e. The van der Waals surface area contributed by atoms with Gasteiger partial charge in [-0.25, -0.2) is 0 Å². The fourth-order valence-electron chi connectivity index (χ4n) is 0.996. The van der Waals surface area contributed by atoms with Crippen molar-refractivity contribution in [3.63, 3.8) is 0 Å². The molecule has 0 saturated carbocycles. The number of rotatable bonds is 4. The molecule has 0 heterocycles. The Morgan fingerprint density at radius 1 is 1.23 bits per heavy atom. The Hall–Kier alpha value is -0.863. The first-order valence-electron chi connectivity index (χ1n) is 4.62. The first kappa shape index (κ1) is 10.2. The third-order valence-electron chi connectivity index (χ3n) is 1.64. The van der Waals surface area contributed by atoms with Crippen molar-refractivity contribution in [2.24, 2.45) is 0 Å². The molecule has 1 rings (SSSR count). The van der Waals surface area contributed by atoms with Crippen molar-refractivity contribution in [3.8, 4) is 0 Å². The van der Waals surface area contributed by atoms with E-state index in [9.17, 15) is 0 Å². The van der Waals surface area contributed by atoms with Crippen LogP contribution in [0.3, 0.4) is 0 Å². The highest BCUT2D eigenvalue weighted by Gasteiger charge is 1.88. The summed E-state index contributed by atoms with van der Waals surface area (Å²) in [4.78, 5) is 0. The lowest BCUT2D eigenvalue weighted by Gasteiger charge is -2.02. The van der Waals surface area contributed by atoms with Crippen molar-refractivity contribution in [1.82, 2.24) is 0 Å². The minimum Gasteiger partial charge on any atom is -0.417 e. The SMILES string of the molecule is CC(C)O[SiH2]C=Cc1ccccc1. The molecule has 0 aliphatic heterocycles. The predicted molar refractivity (Wildman–Crippen MR) is 60.2 cm³/mol. The Bertz CT molecular complexity index is 254. The molecule has 0 aromatic heterocycles. The second kappa shape index (κ2) is 5.73. The first-order valence-corrected chi connectivity index (χ1v) is 6.01. The molecule has 0 N–H and O–H groups in total. The van der Waals surface area contributed by atoms with E-state index in [0.29, 0.717) is 6.10 Å². The van der Waals surface area contributed by atoms with Gasteiger partial charge in [0.2, 0.25) is 0 Å². The average molecular weight is 192 g/mol. The molecular formula is C11H16OSi. The van der Waals surface area contributed by atoms with Crippen molar-refractivity contribution >= 4 is 15.8 Å². The highest BCUT2D eigenvalue weighted by Crippen LogP contribution is 2.00. The summed E-state index contributed by atoms with van der Waals surface area (Å²) in [5.41, 5.74) is 3.43. The molecule has 70 valence electrons. The van der Waals surface area contributed by atoms with E-state index in [1.807, 2.05) is 18.2 Å². The lowest BCUT2D eigenvalue weighted by Crippen LogP contribution is -2.04. The van der Waals surface area contributed by atoms with Crippen LogP contribution < -0.4 is 0 Å². The summed E-state index contributed by atoms with van der Waals surface area (Å²) in [6.07, 6.45) is 2.50. The quantitative estimate of drug-likeness (QED) is 0.664. The average Bonchev–Trinajstić information content (AvgIpc) is 2.14. The molecule has 2 heteroatoms. The van der Waals surface area contributed by atoms with Gasteiger partial charge in [0.15, 0.2) is 9.76 Å². The third-order valence-corrected chi connectivity index (χ3v) is 2.92.